The Morgan fingerprint density at radius 3 is 2.52 bits per heavy atom. The Bertz CT molecular complexity index is 604. The molecule has 1 atom stereocenters. The van der Waals surface area contributed by atoms with Gasteiger partial charge in [0.1, 0.15) is 0 Å². The molecule has 1 heterocycles. The Labute approximate surface area is 123 Å². The molecule has 0 radical (unpaired) electrons. The zero-order chi connectivity index (χ0) is 15.4. The number of aromatic nitrogens is 4. The quantitative estimate of drug-likeness (QED) is 0.882. The molecule has 112 valence electrons. The van der Waals surface area contributed by atoms with Crippen molar-refractivity contribution in [1.29, 1.82) is 0 Å². The van der Waals surface area contributed by atoms with Crippen LogP contribution in [0.15, 0.2) is 24.3 Å². The smallest absolute Gasteiger partial charge is 0.308 e. The summed E-state index contributed by atoms with van der Waals surface area (Å²) in [6.45, 7) is 6.31. The first kappa shape index (κ1) is 15.2. The topological polar surface area (TPSA) is 80.9 Å². The van der Waals surface area contributed by atoms with Gasteiger partial charge in [0.15, 0.2) is 5.82 Å². The van der Waals surface area contributed by atoms with Gasteiger partial charge in [-0.2, -0.15) is 0 Å². The molecule has 0 spiro atoms. The Hall–Kier alpha value is -2.24. The van der Waals surface area contributed by atoms with Crippen LogP contribution < -0.4 is 0 Å². The number of hydrogen-bond acceptors (Lipinski definition) is 4. The van der Waals surface area contributed by atoms with Crippen LogP contribution in [-0.2, 0) is 11.3 Å². The molecular formula is C15H20N4O2. The van der Waals surface area contributed by atoms with Gasteiger partial charge in [-0.05, 0) is 29.7 Å². The number of carbonyl (C=O) groups is 1. The molecule has 1 unspecified atom stereocenters. The number of hydrogen-bond donors (Lipinski definition) is 1. The van der Waals surface area contributed by atoms with E-state index in [-0.39, 0.29) is 6.54 Å². The SMILES string of the molecule is Cc1ccc(-c2nnnn2CC(CC(C)C)C(=O)O)cc1. The number of rotatable bonds is 6. The van der Waals surface area contributed by atoms with E-state index in [0.29, 0.717) is 18.2 Å². The summed E-state index contributed by atoms with van der Waals surface area (Å²) in [5.74, 6) is -0.387. The Kier molecular flexibility index (Phi) is 4.67. The highest BCUT2D eigenvalue weighted by molar-refractivity contribution is 5.70. The first-order valence-corrected chi connectivity index (χ1v) is 7.03. The highest BCUT2D eigenvalue weighted by Gasteiger charge is 2.22. The molecule has 21 heavy (non-hydrogen) atoms. The summed E-state index contributed by atoms with van der Waals surface area (Å²) < 4.78 is 1.58. The second-order valence-corrected chi connectivity index (χ2v) is 5.72. The highest BCUT2D eigenvalue weighted by atomic mass is 16.4. The third-order valence-electron chi connectivity index (χ3n) is 3.34. The fraction of sp³-hybridized carbons (Fsp3) is 0.467. The van der Waals surface area contributed by atoms with E-state index in [4.69, 9.17) is 0 Å². The van der Waals surface area contributed by atoms with E-state index >= 15 is 0 Å². The van der Waals surface area contributed by atoms with Gasteiger partial charge in [-0.15, -0.1) is 5.10 Å². The highest BCUT2D eigenvalue weighted by Crippen LogP contribution is 2.20. The summed E-state index contributed by atoms with van der Waals surface area (Å²) in [5, 5.41) is 21.0. The van der Waals surface area contributed by atoms with Crippen LogP contribution in [0.5, 0.6) is 0 Å². The lowest BCUT2D eigenvalue weighted by Gasteiger charge is -2.15. The maximum absolute atomic E-state index is 11.4. The maximum Gasteiger partial charge on any atom is 0.308 e. The molecule has 1 aromatic heterocycles. The molecule has 0 amide bonds. The summed E-state index contributed by atoms with van der Waals surface area (Å²) in [6.07, 6.45) is 0.600. The lowest BCUT2D eigenvalue weighted by Crippen LogP contribution is -2.23. The van der Waals surface area contributed by atoms with Gasteiger partial charge in [-0.25, -0.2) is 4.68 Å². The van der Waals surface area contributed by atoms with Crippen LogP contribution in [-0.4, -0.2) is 31.3 Å². The van der Waals surface area contributed by atoms with Crippen molar-refractivity contribution in [3.8, 4) is 11.4 Å². The lowest BCUT2D eigenvalue weighted by atomic mass is 9.97. The normalized spacial score (nSPS) is 12.6. The third kappa shape index (κ3) is 3.87. The van der Waals surface area contributed by atoms with Gasteiger partial charge in [0.25, 0.3) is 0 Å². The molecule has 0 saturated carbocycles. The minimum atomic E-state index is -0.811. The number of aryl methyl sites for hydroxylation is 1. The first-order valence-electron chi connectivity index (χ1n) is 7.03. The monoisotopic (exact) mass is 288 g/mol. The zero-order valence-electron chi connectivity index (χ0n) is 12.5. The molecule has 6 heteroatoms. The molecule has 0 bridgehead atoms. The molecule has 0 fully saturated rings. The number of aliphatic carboxylic acids is 1. The van der Waals surface area contributed by atoms with Gasteiger partial charge < -0.3 is 5.11 Å². The van der Waals surface area contributed by atoms with Crippen molar-refractivity contribution in [3.63, 3.8) is 0 Å². The van der Waals surface area contributed by atoms with E-state index < -0.39 is 11.9 Å². The van der Waals surface area contributed by atoms with E-state index in [1.165, 1.54) is 0 Å². The average molecular weight is 288 g/mol. The van der Waals surface area contributed by atoms with Crippen molar-refractivity contribution in [2.24, 2.45) is 11.8 Å². The Morgan fingerprint density at radius 1 is 1.29 bits per heavy atom. The maximum atomic E-state index is 11.4. The molecule has 1 N–H and O–H groups in total. The van der Waals surface area contributed by atoms with Crippen LogP contribution in [0.3, 0.4) is 0 Å². The summed E-state index contributed by atoms with van der Waals surface area (Å²) in [6, 6.07) is 7.85. The van der Waals surface area contributed by atoms with Crippen LogP contribution in [0.25, 0.3) is 11.4 Å². The second-order valence-electron chi connectivity index (χ2n) is 5.72. The fourth-order valence-corrected chi connectivity index (χ4v) is 2.27. The van der Waals surface area contributed by atoms with Gasteiger partial charge >= 0.3 is 5.97 Å². The van der Waals surface area contributed by atoms with Gasteiger partial charge in [0, 0.05) is 5.56 Å². The molecule has 2 rings (SSSR count). The number of tetrazole rings is 1. The minimum Gasteiger partial charge on any atom is -0.481 e. The summed E-state index contributed by atoms with van der Waals surface area (Å²) in [7, 11) is 0. The molecule has 2 aromatic rings. The van der Waals surface area contributed by atoms with E-state index in [9.17, 15) is 9.90 Å². The van der Waals surface area contributed by atoms with Crippen molar-refractivity contribution in [2.45, 2.75) is 33.7 Å². The van der Waals surface area contributed by atoms with Gasteiger partial charge in [-0.1, -0.05) is 43.7 Å². The van der Waals surface area contributed by atoms with Crippen molar-refractivity contribution in [3.05, 3.63) is 29.8 Å². The zero-order valence-corrected chi connectivity index (χ0v) is 12.5. The molecule has 6 nitrogen and oxygen atoms in total. The van der Waals surface area contributed by atoms with Crippen LogP contribution in [0, 0.1) is 18.8 Å². The van der Waals surface area contributed by atoms with E-state index in [1.54, 1.807) is 4.68 Å². The molecule has 0 aliphatic rings. The molecule has 0 aliphatic heterocycles. The minimum absolute atomic E-state index is 0.281. The predicted octanol–water partition coefficient (Wildman–Crippen LogP) is 2.40. The van der Waals surface area contributed by atoms with Crippen molar-refractivity contribution in [2.75, 3.05) is 0 Å². The number of nitrogens with zero attached hydrogens (tertiary/aromatic N) is 4. The fourth-order valence-electron chi connectivity index (χ4n) is 2.27. The summed E-state index contributed by atoms with van der Waals surface area (Å²) in [4.78, 5) is 11.4. The largest absolute Gasteiger partial charge is 0.481 e. The van der Waals surface area contributed by atoms with Crippen LogP contribution in [0.1, 0.15) is 25.8 Å². The molecule has 0 saturated heterocycles. The Morgan fingerprint density at radius 2 is 1.95 bits per heavy atom. The number of carboxylic acids is 1. The first-order chi connectivity index (χ1) is 9.97. The van der Waals surface area contributed by atoms with E-state index in [2.05, 4.69) is 15.5 Å². The Balaban J connectivity index is 2.23. The average Bonchev–Trinajstić information content (AvgIpc) is 2.86. The third-order valence-corrected chi connectivity index (χ3v) is 3.34. The van der Waals surface area contributed by atoms with Gasteiger partial charge in [-0.3, -0.25) is 4.79 Å². The molecule has 1 aromatic carbocycles. The van der Waals surface area contributed by atoms with Crippen LogP contribution in [0.4, 0.5) is 0 Å². The van der Waals surface area contributed by atoms with E-state index in [1.807, 2.05) is 45.0 Å². The van der Waals surface area contributed by atoms with Crippen molar-refractivity contribution < 1.29 is 9.90 Å². The van der Waals surface area contributed by atoms with Crippen LogP contribution in [0.2, 0.25) is 0 Å². The lowest BCUT2D eigenvalue weighted by molar-refractivity contribution is -0.142. The standard InChI is InChI=1S/C15H20N4O2/c1-10(2)8-13(15(20)21)9-19-14(16-17-18-19)12-6-4-11(3)5-7-12/h4-7,10,13H,8-9H2,1-3H3,(H,20,21). The van der Waals surface area contributed by atoms with Crippen molar-refractivity contribution in [1.82, 2.24) is 20.2 Å². The predicted molar refractivity (Wildman–Crippen MR) is 78.6 cm³/mol. The number of benzene rings is 1. The van der Waals surface area contributed by atoms with Gasteiger partial charge in [0.05, 0.1) is 12.5 Å². The van der Waals surface area contributed by atoms with Crippen LogP contribution >= 0.6 is 0 Å². The second kappa shape index (κ2) is 6.47. The number of carboxylic acid groups (broad SMARTS) is 1. The van der Waals surface area contributed by atoms with E-state index in [0.717, 1.165) is 11.1 Å². The molecular weight excluding hydrogens is 268 g/mol. The van der Waals surface area contributed by atoms with Gasteiger partial charge in [0.2, 0.25) is 0 Å². The van der Waals surface area contributed by atoms with Crippen molar-refractivity contribution >= 4 is 5.97 Å². The summed E-state index contributed by atoms with van der Waals surface area (Å²) in [5.41, 5.74) is 2.04. The summed E-state index contributed by atoms with van der Waals surface area (Å²) >= 11 is 0. The molecule has 0 aliphatic carbocycles.